The van der Waals surface area contributed by atoms with Gasteiger partial charge in [-0.3, -0.25) is 9.20 Å². The van der Waals surface area contributed by atoms with Gasteiger partial charge < -0.3 is 14.8 Å². The van der Waals surface area contributed by atoms with Crippen molar-refractivity contribution in [1.82, 2.24) is 14.4 Å². The molecule has 0 aliphatic rings. The third kappa shape index (κ3) is 2.76. The van der Waals surface area contributed by atoms with Crippen molar-refractivity contribution >= 4 is 38.1 Å². The van der Waals surface area contributed by atoms with E-state index >= 15 is 0 Å². The summed E-state index contributed by atoms with van der Waals surface area (Å²) in [5.41, 5.74) is 1.91. The van der Waals surface area contributed by atoms with E-state index in [1.807, 2.05) is 22.6 Å². The summed E-state index contributed by atoms with van der Waals surface area (Å²) in [6.45, 7) is 0. The van der Waals surface area contributed by atoms with E-state index in [0.29, 0.717) is 17.3 Å². The summed E-state index contributed by atoms with van der Waals surface area (Å²) in [5.74, 6) is 0.994. The predicted molar refractivity (Wildman–Crippen MR) is 95.9 cm³/mol. The molecule has 4 rings (SSSR count). The lowest BCUT2D eigenvalue weighted by atomic mass is 10.3. The molecule has 0 aliphatic heterocycles. The number of imidazole rings is 1. The third-order valence-corrected chi connectivity index (χ3v) is 4.75. The number of pyridine rings is 1. The number of aromatic nitrogens is 3. The van der Waals surface area contributed by atoms with Crippen molar-refractivity contribution in [2.45, 2.75) is 0 Å². The van der Waals surface area contributed by atoms with Crippen molar-refractivity contribution < 1.29 is 14.3 Å². The number of nitrogens with one attached hydrogen (secondary N) is 1. The number of benzene rings is 1. The zero-order chi connectivity index (χ0) is 17.4. The van der Waals surface area contributed by atoms with Crippen LogP contribution in [0.15, 0.2) is 42.7 Å². The molecule has 8 heteroatoms. The van der Waals surface area contributed by atoms with Gasteiger partial charge in [0.05, 0.1) is 36.3 Å². The van der Waals surface area contributed by atoms with E-state index in [-0.39, 0.29) is 5.91 Å². The highest BCUT2D eigenvalue weighted by Gasteiger charge is 2.15. The molecule has 0 saturated heterocycles. The zero-order valence-corrected chi connectivity index (χ0v) is 14.3. The Morgan fingerprint density at radius 1 is 1.20 bits per heavy atom. The Balaban J connectivity index is 1.63. The number of carbonyl (C=O) groups excluding carboxylic acids is 1. The number of nitrogens with zero attached hydrogens (tertiary/aromatic N) is 3. The first kappa shape index (κ1) is 15.4. The molecular weight excluding hydrogens is 340 g/mol. The Kier molecular flexibility index (Phi) is 3.73. The van der Waals surface area contributed by atoms with Crippen LogP contribution in [0.5, 0.6) is 11.6 Å². The first-order chi connectivity index (χ1) is 12.2. The van der Waals surface area contributed by atoms with Gasteiger partial charge in [0.15, 0.2) is 4.96 Å². The van der Waals surface area contributed by atoms with E-state index in [1.165, 1.54) is 17.5 Å². The van der Waals surface area contributed by atoms with E-state index in [9.17, 15) is 4.79 Å². The number of carbonyl (C=O) groups is 1. The fourth-order valence-corrected chi connectivity index (χ4v) is 3.52. The Bertz CT molecular complexity index is 1070. The van der Waals surface area contributed by atoms with Crippen molar-refractivity contribution in [2.75, 3.05) is 19.5 Å². The summed E-state index contributed by atoms with van der Waals surface area (Å²) in [6, 6.07) is 9.20. The van der Waals surface area contributed by atoms with E-state index in [4.69, 9.17) is 9.47 Å². The van der Waals surface area contributed by atoms with Crippen molar-refractivity contribution in [2.24, 2.45) is 0 Å². The fourth-order valence-electron chi connectivity index (χ4n) is 2.49. The molecule has 25 heavy (non-hydrogen) atoms. The second-order valence-corrected chi connectivity index (χ2v) is 6.27. The number of rotatable bonds is 4. The van der Waals surface area contributed by atoms with Crippen LogP contribution in [-0.4, -0.2) is 34.5 Å². The molecule has 1 amide bonds. The summed E-state index contributed by atoms with van der Waals surface area (Å²) in [5, 5.41) is 2.78. The molecule has 1 N–H and O–H groups in total. The van der Waals surface area contributed by atoms with Gasteiger partial charge in [-0.15, -0.1) is 0 Å². The molecule has 0 saturated carbocycles. The molecule has 3 aromatic heterocycles. The zero-order valence-electron chi connectivity index (χ0n) is 13.5. The minimum Gasteiger partial charge on any atom is -0.497 e. The molecule has 126 valence electrons. The predicted octanol–water partition coefficient (Wildman–Crippen LogP) is 3.21. The lowest BCUT2D eigenvalue weighted by Crippen LogP contribution is -2.12. The van der Waals surface area contributed by atoms with Crippen molar-refractivity contribution in [3.05, 3.63) is 48.4 Å². The van der Waals surface area contributed by atoms with Crippen LogP contribution < -0.4 is 14.8 Å². The smallest absolute Gasteiger partial charge is 0.275 e. The molecule has 0 bridgehead atoms. The van der Waals surface area contributed by atoms with Crippen LogP contribution in [0.2, 0.25) is 0 Å². The number of hydrogen-bond acceptors (Lipinski definition) is 6. The maximum Gasteiger partial charge on any atom is 0.275 e. The van der Waals surface area contributed by atoms with E-state index in [2.05, 4.69) is 15.3 Å². The topological polar surface area (TPSA) is 77.8 Å². The number of fused-ring (bicyclic) bond motifs is 3. The second kappa shape index (κ2) is 6.06. The van der Waals surface area contributed by atoms with Crippen LogP contribution in [0.4, 0.5) is 5.69 Å². The van der Waals surface area contributed by atoms with Gasteiger partial charge >= 0.3 is 0 Å². The van der Waals surface area contributed by atoms with E-state index in [0.717, 1.165) is 20.9 Å². The summed E-state index contributed by atoms with van der Waals surface area (Å²) >= 11 is 1.50. The molecule has 4 aromatic rings. The number of amides is 1. The molecule has 0 radical (unpaired) electrons. The second-order valence-electron chi connectivity index (χ2n) is 5.26. The first-order valence-corrected chi connectivity index (χ1v) is 8.26. The molecule has 1 aromatic carbocycles. The Morgan fingerprint density at radius 3 is 2.80 bits per heavy atom. The lowest BCUT2D eigenvalue weighted by molar-refractivity contribution is 0.102. The van der Waals surface area contributed by atoms with Crippen molar-refractivity contribution in [1.29, 1.82) is 0 Å². The number of ether oxygens (including phenoxy) is 2. The van der Waals surface area contributed by atoms with Gasteiger partial charge in [0.1, 0.15) is 11.4 Å². The number of methoxy groups -OCH3 is 2. The van der Waals surface area contributed by atoms with Crippen LogP contribution in [0.3, 0.4) is 0 Å². The minimum absolute atomic E-state index is 0.287. The van der Waals surface area contributed by atoms with Gasteiger partial charge in [0.2, 0.25) is 5.88 Å². The number of thiazole rings is 1. The highest BCUT2D eigenvalue weighted by molar-refractivity contribution is 7.23. The normalized spacial score (nSPS) is 11.0. The van der Waals surface area contributed by atoms with Crippen LogP contribution in [-0.2, 0) is 0 Å². The standard InChI is InChI=1S/C17H14N4O3S/c1-23-11-4-5-13-14(7-11)25-17-20-12(9-21(13)17)16(22)19-10-3-6-15(24-2)18-8-10/h3-9H,1-2H3,(H,19,22). The fraction of sp³-hybridized carbons (Fsp3) is 0.118. The first-order valence-electron chi connectivity index (χ1n) is 7.45. The van der Waals surface area contributed by atoms with E-state index in [1.54, 1.807) is 32.5 Å². The quantitative estimate of drug-likeness (QED) is 0.609. The maximum absolute atomic E-state index is 12.4. The molecule has 3 heterocycles. The number of hydrogen-bond donors (Lipinski definition) is 1. The highest BCUT2D eigenvalue weighted by atomic mass is 32.1. The Morgan fingerprint density at radius 2 is 2.08 bits per heavy atom. The molecule has 0 spiro atoms. The minimum atomic E-state index is -0.287. The Labute approximate surface area is 146 Å². The molecule has 7 nitrogen and oxygen atoms in total. The van der Waals surface area contributed by atoms with Gasteiger partial charge in [-0.2, -0.15) is 0 Å². The van der Waals surface area contributed by atoms with Crippen LogP contribution in [0, 0.1) is 0 Å². The average molecular weight is 354 g/mol. The summed E-state index contributed by atoms with van der Waals surface area (Å²) in [6.07, 6.45) is 3.27. The highest BCUT2D eigenvalue weighted by Crippen LogP contribution is 2.29. The average Bonchev–Trinajstić information content (AvgIpc) is 3.19. The number of anilines is 1. The maximum atomic E-state index is 12.4. The van der Waals surface area contributed by atoms with Crippen LogP contribution in [0.1, 0.15) is 10.5 Å². The third-order valence-electron chi connectivity index (χ3n) is 3.74. The van der Waals surface area contributed by atoms with Crippen molar-refractivity contribution in [3.63, 3.8) is 0 Å². The van der Waals surface area contributed by atoms with Crippen molar-refractivity contribution in [3.8, 4) is 11.6 Å². The summed E-state index contributed by atoms with van der Waals surface area (Å²) in [4.78, 5) is 21.6. The monoisotopic (exact) mass is 354 g/mol. The SMILES string of the molecule is COc1ccc2c(c1)sc1nc(C(=O)Nc3ccc(OC)nc3)cn12. The summed E-state index contributed by atoms with van der Waals surface area (Å²) in [7, 11) is 3.18. The van der Waals surface area contributed by atoms with Crippen LogP contribution >= 0.6 is 11.3 Å². The molecule has 0 atom stereocenters. The lowest BCUT2D eigenvalue weighted by Gasteiger charge is -2.03. The molecule has 0 unspecified atom stereocenters. The largest absolute Gasteiger partial charge is 0.497 e. The van der Waals surface area contributed by atoms with Gasteiger partial charge in [-0.05, 0) is 24.3 Å². The molecule has 0 fully saturated rings. The molecular formula is C17H14N4O3S. The van der Waals surface area contributed by atoms with Crippen LogP contribution in [0.25, 0.3) is 15.2 Å². The van der Waals surface area contributed by atoms with Gasteiger partial charge in [-0.1, -0.05) is 11.3 Å². The van der Waals surface area contributed by atoms with E-state index < -0.39 is 0 Å². The van der Waals surface area contributed by atoms with Gasteiger partial charge in [0.25, 0.3) is 5.91 Å². The molecule has 0 aliphatic carbocycles. The summed E-state index contributed by atoms with van der Waals surface area (Å²) < 4.78 is 13.2. The van der Waals surface area contributed by atoms with Gasteiger partial charge in [-0.25, -0.2) is 9.97 Å². The Hall–Kier alpha value is -3.13. The van der Waals surface area contributed by atoms with Gasteiger partial charge in [0, 0.05) is 12.3 Å².